The summed E-state index contributed by atoms with van der Waals surface area (Å²) >= 11 is 0. The standard InChI is InChI=1S/C17H19N/c1-18-17-12-11-14(13-7-3-2-4-8-13)15-9-5-6-10-16(15)17/h2-10,14,17-18H,11-12H2,1H3/t14-,17-/m1/s1. The number of rotatable bonds is 2. The highest BCUT2D eigenvalue weighted by Crippen LogP contribution is 2.40. The maximum Gasteiger partial charge on any atom is 0.0320 e. The molecule has 0 aliphatic heterocycles. The Bertz CT molecular complexity index is 518. The van der Waals surface area contributed by atoms with Crippen LogP contribution in [-0.4, -0.2) is 7.05 Å². The van der Waals surface area contributed by atoms with Gasteiger partial charge in [-0.05, 0) is 36.6 Å². The van der Waals surface area contributed by atoms with Crippen molar-refractivity contribution >= 4 is 0 Å². The Morgan fingerprint density at radius 2 is 1.50 bits per heavy atom. The summed E-state index contributed by atoms with van der Waals surface area (Å²) in [5.41, 5.74) is 4.41. The summed E-state index contributed by atoms with van der Waals surface area (Å²) in [5.74, 6) is 0.562. The van der Waals surface area contributed by atoms with Crippen molar-refractivity contribution in [3.8, 4) is 0 Å². The smallest absolute Gasteiger partial charge is 0.0320 e. The van der Waals surface area contributed by atoms with Crippen LogP contribution in [0.3, 0.4) is 0 Å². The van der Waals surface area contributed by atoms with Crippen LogP contribution < -0.4 is 5.32 Å². The van der Waals surface area contributed by atoms with Gasteiger partial charge in [0.2, 0.25) is 0 Å². The molecule has 92 valence electrons. The number of hydrogen-bond acceptors (Lipinski definition) is 1. The molecule has 0 unspecified atom stereocenters. The first kappa shape index (κ1) is 11.5. The molecule has 0 spiro atoms. The van der Waals surface area contributed by atoms with Crippen molar-refractivity contribution in [3.05, 3.63) is 71.3 Å². The molecule has 0 radical (unpaired) electrons. The minimum absolute atomic E-state index is 0.515. The molecule has 1 N–H and O–H groups in total. The summed E-state index contributed by atoms with van der Waals surface area (Å²) in [5, 5.41) is 3.43. The van der Waals surface area contributed by atoms with Crippen molar-refractivity contribution in [2.75, 3.05) is 7.05 Å². The zero-order valence-electron chi connectivity index (χ0n) is 10.8. The van der Waals surface area contributed by atoms with Crippen molar-refractivity contribution in [2.24, 2.45) is 0 Å². The molecule has 0 fully saturated rings. The predicted octanol–water partition coefficient (Wildman–Crippen LogP) is 3.87. The van der Waals surface area contributed by atoms with Crippen LogP contribution in [0.15, 0.2) is 54.6 Å². The average molecular weight is 237 g/mol. The summed E-state index contributed by atoms with van der Waals surface area (Å²) in [6.07, 6.45) is 2.44. The van der Waals surface area contributed by atoms with Crippen molar-refractivity contribution in [1.82, 2.24) is 5.32 Å². The largest absolute Gasteiger partial charge is 0.313 e. The lowest BCUT2D eigenvalue weighted by atomic mass is 9.77. The van der Waals surface area contributed by atoms with Crippen LogP contribution in [0.1, 0.15) is 41.5 Å². The van der Waals surface area contributed by atoms with Gasteiger partial charge in [0.25, 0.3) is 0 Å². The van der Waals surface area contributed by atoms with Crippen molar-refractivity contribution in [2.45, 2.75) is 24.8 Å². The fraction of sp³-hybridized carbons (Fsp3) is 0.294. The summed E-state index contributed by atoms with van der Waals surface area (Å²) in [4.78, 5) is 0. The van der Waals surface area contributed by atoms with E-state index in [0.717, 1.165) is 0 Å². The number of nitrogens with one attached hydrogen (secondary N) is 1. The van der Waals surface area contributed by atoms with Crippen LogP contribution in [-0.2, 0) is 0 Å². The summed E-state index contributed by atoms with van der Waals surface area (Å²) in [7, 11) is 2.06. The van der Waals surface area contributed by atoms with E-state index < -0.39 is 0 Å². The highest BCUT2D eigenvalue weighted by Gasteiger charge is 2.26. The van der Waals surface area contributed by atoms with Crippen LogP contribution >= 0.6 is 0 Å². The second-order valence-electron chi connectivity index (χ2n) is 5.01. The van der Waals surface area contributed by atoms with Crippen LogP contribution in [0.25, 0.3) is 0 Å². The molecule has 2 aromatic carbocycles. The molecule has 1 nitrogen and oxygen atoms in total. The molecule has 0 aromatic heterocycles. The predicted molar refractivity (Wildman–Crippen MR) is 75.8 cm³/mol. The first-order chi connectivity index (χ1) is 8.90. The van der Waals surface area contributed by atoms with E-state index in [0.29, 0.717) is 12.0 Å². The van der Waals surface area contributed by atoms with Crippen LogP contribution in [0, 0.1) is 0 Å². The fourth-order valence-electron chi connectivity index (χ4n) is 3.12. The Balaban J connectivity index is 2.04. The van der Waals surface area contributed by atoms with Crippen molar-refractivity contribution < 1.29 is 0 Å². The molecule has 0 bridgehead atoms. The number of benzene rings is 2. The highest BCUT2D eigenvalue weighted by atomic mass is 14.9. The molecule has 1 aliphatic carbocycles. The van der Waals surface area contributed by atoms with E-state index in [1.165, 1.54) is 29.5 Å². The van der Waals surface area contributed by atoms with E-state index in [-0.39, 0.29) is 0 Å². The first-order valence-corrected chi connectivity index (χ1v) is 6.71. The van der Waals surface area contributed by atoms with E-state index in [2.05, 4.69) is 67.0 Å². The van der Waals surface area contributed by atoms with Gasteiger partial charge in [0.1, 0.15) is 0 Å². The third-order valence-corrected chi connectivity index (χ3v) is 4.04. The molecule has 2 atom stereocenters. The lowest BCUT2D eigenvalue weighted by Gasteiger charge is -2.31. The molecule has 18 heavy (non-hydrogen) atoms. The van der Waals surface area contributed by atoms with Gasteiger partial charge in [-0.15, -0.1) is 0 Å². The molecular weight excluding hydrogens is 218 g/mol. The van der Waals surface area contributed by atoms with Gasteiger partial charge >= 0.3 is 0 Å². The average Bonchev–Trinajstić information content (AvgIpc) is 2.47. The van der Waals surface area contributed by atoms with E-state index in [1.807, 2.05) is 0 Å². The van der Waals surface area contributed by atoms with Gasteiger partial charge in [0, 0.05) is 12.0 Å². The van der Waals surface area contributed by atoms with Crippen molar-refractivity contribution in [1.29, 1.82) is 0 Å². The first-order valence-electron chi connectivity index (χ1n) is 6.71. The second kappa shape index (κ2) is 4.95. The fourth-order valence-corrected chi connectivity index (χ4v) is 3.12. The van der Waals surface area contributed by atoms with Gasteiger partial charge in [-0.1, -0.05) is 54.6 Å². The SMILES string of the molecule is CN[C@@H]1CC[C@H](c2ccccc2)c2ccccc21. The van der Waals surface area contributed by atoms with Gasteiger partial charge in [-0.25, -0.2) is 0 Å². The van der Waals surface area contributed by atoms with E-state index in [9.17, 15) is 0 Å². The normalized spacial score (nSPS) is 22.5. The topological polar surface area (TPSA) is 12.0 Å². The third kappa shape index (κ3) is 1.95. The molecule has 0 saturated carbocycles. The highest BCUT2D eigenvalue weighted by molar-refractivity contribution is 5.41. The molecule has 1 heteroatoms. The van der Waals surface area contributed by atoms with Gasteiger partial charge in [-0.2, -0.15) is 0 Å². The Morgan fingerprint density at radius 1 is 0.833 bits per heavy atom. The van der Waals surface area contributed by atoms with Gasteiger partial charge < -0.3 is 5.32 Å². The van der Waals surface area contributed by atoms with Gasteiger partial charge in [0.05, 0.1) is 0 Å². The molecule has 0 heterocycles. The Labute approximate surface area is 109 Å². The second-order valence-corrected chi connectivity index (χ2v) is 5.01. The Morgan fingerprint density at radius 3 is 2.22 bits per heavy atom. The number of fused-ring (bicyclic) bond motifs is 1. The minimum atomic E-state index is 0.515. The lowest BCUT2D eigenvalue weighted by molar-refractivity contribution is 0.471. The molecule has 1 aliphatic rings. The maximum absolute atomic E-state index is 3.43. The monoisotopic (exact) mass is 237 g/mol. The minimum Gasteiger partial charge on any atom is -0.313 e. The zero-order chi connectivity index (χ0) is 12.4. The Hall–Kier alpha value is -1.60. The van der Waals surface area contributed by atoms with E-state index in [4.69, 9.17) is 0 Å². The van der Waals surface area contributed by atoms with Gasteiger partial charge in [-0.3, -0.25) is 0 Å². The maximum atomic E-state index is 3.43. The van der Waals surface area contributed by atoms with Crippen LogP contribution in [0.4, 0.5) is 0 Å². The van der Waals surface area contributed by atoms with Crippen LogP contribution in [0.2, 0.25) is 0 Å². The molecular formula is C17H19N. The van der Waals surface area contributed by atoms with E-state index >= 15 is 0 Å². The summed E-state index contributed by atoms with van der Waals surface area (Å²) in [6.45, 7) is 0. The zero-order valence-corrected chi connectivity index (χ0v) is 10.8. The van der Waals surface area contributed by atoms with Gasteiger partial charge in [0.15, 0.2) is 0 Å². The van der Waals surface area contributed by atoms with Crippen LogP contribution in [0.5, 0.6) is 0 Å². The number of hydrogen-bond donors (Lipinski definition) is 1. The molecule has 3 rings (SSSR count). The quantitative estimate of drug-likeness (QED) is 0.836. The van der Waals surface area contributed by atoms with Crippen molar-refractivity contribution in [3.63, 3.8) is 0 Å². The lowest BCUT2D eigenvalue weighted by Crippen LogP contribution is -2.24. The molecule has 2 aromatic rings. The summed E-state index contributed by atoms with van der Waals surface area (Å²) in [6, 6.07) is 20.3. The molecule has 0 saturated heterocycles. The van der Waals surface area contributed by atoms with E-state index in [1.54, 1.807) is 0 Å². The Kier molecular flexibility index (Phi) is 3.16. The molecule has 0 amide bonds. The summed E-state index contributed by atoms with van der Waals surface area (Å²) < 4.78 is 0. The third-order valence-electron chi connectivity index (χ3n) is 4.04.